The Morgan fingerprint density at radius 2 is 2.05 bits per heavy atom. The summed E-state index contributed by atoms with van der Waals surface area (Å²) >= 11 is 1.58. The molecule has 0 aliphatic heterocycles. The van der Waals surface area contributed by atoms with Crippen LogP contribution in [-0.4, -0.2) is 16.6 Å². The number of benzene rings is 1. The summed E-state index contributed by atoms with van der Waals surface area (Å²) in [5, 5.41) is 16.5. The third-order valence-electron chi connectivity index (χ3n) is 3.24. The van der Waals surface area contributed by atoms with E-state index in [0.717, 1.165) is 21.3 Å². The maximum absolute atomic E-state index is 10.0. The van der Waals surface area contributed by atoms with Crippen molar-refractivity contribution in [3.63, 3.8) is 0 Å². The second kappa shape index (κ2) is 6.13. The number of hydrogen-bond acceptors (Lipinski definition) is 4. The van der Waals surface area contributed by atoms with Gasteiger partial charge in [0, 0.05) is 29.5 Å². The molecular formula is C16H16N2OS. The molecule has 3 rings (SSSR count). The molecule has 0 fully saturated rings. The number of pyridine rings is 1. The molecule has 3 nitrogen and oxygen atoms in total. The smallest absolute Gasteiger partial charge is 0.101 e. The summed E-state index contributed by atoms with van der Waals surface area (Å²) in [5.74, 6) is 0. The Morgan fingerprint density at radius 1 is 1.15 bits per heavy atom. The average molecular weight is 284 g/mol. The maximum atomic E-state index is 10.0. The molecule has 1 aromatic carbocycles. The summed E-state index contributed by atoms with van der Waals surface area (Å²) in [6.45, 7) is 1.25. The standard InChI is InChI=1S/C16H16N2OS/c19-14(15-7-3-9-20-15)11-17-10-13-5-1-4-12-6-2-8-18-16(12)13/h1-9,14,17,19H,10-11H2. The fraction of sp³-hybridized carbons (Fsp3) is 0.188. The van der Waals surface area contributed by atoms with E-state index in [-0.39, 0.29) is 0 Å². The van der Waals surface area contributed by atoms with Gasteiger partial charge in [-0.3, -0.25) is 4.98 Å². The SMILES string of the molecule is OC(CNCc1cccc2cccnc12)c1cccs1. The van der Waals surface area contributed by atoms with Crippen LogP contribution in [0.5, 0.6) is 0 Å². The Balaban J connectivity index is 1.66. The van der Waals surface area contributed by atoms with Crippen molar-refractivity contribution in [2.75, 3.05) is 6.54 Å². The van der Waals surface area contributed by atoms with E-state index in [1.807, 2.05) is 35.8 Å². The highest BCUT2D eigenvalue weighted by molar-refractivity contribution is 7.10. The number of nitrogens with zero attached hydrogens (tertiary/aromatic N) is 1. The molecule has 2 N–H and O–H groups in total. The van der Waals surface area contributed by atoms with Gasteiger partial charge in [0.25, 0.3) is 0 Å². The highest BCUT2D eigenvalue weighted by Crippen LogP contribution is 2.19. The molecule has 2 aromatic heterocycles. The summed E-state index contributed by atoms with van der Waals surface area (Å²) in [4.78, 5) is 5.42. The molecule has 0 saturated carbocycles. The fourth-order valence-electron chi connectivity index (χ4n) is 2.24. The van der Waals surface area contributed by atoms with Gasteiger partial charge in [-0.2, -0.15) is 0 Å². The molecule has 0 aliphatic carbocycles. The van der Waals surface area contributed by atoms with Gasteiger partial charge < -0.3 is 10.4 Å². The van der Waals surface area contributed by atoms with E-state index in [1.54, 1.807) is 11.3 Å². The second-order valence-electron chi connectivity index (χ2n) is 4.65. The van der Waals surface area contributed by atoms with Gasteiger partial charge in [0.1, 0.15) is 6.10 Å². The van der Waals surface area contributed by atoms with Crippen molar-refractivity contribution in [3.8, 4) is 0 Å². The highest BCUT2D eigenvalue weighted by atomic mass is 32.1. The van der Waals surface area contributed by atoms with E-state index >= 15 is 0 Å². The molecule has 0 spiro atoms. The zero-order valence-electron chi connectivity index (χ0n) is 11.0. The quantitative estimate of drug-likeness (QED) is 0.756. The van der Waals surface area contributed by atoms with Crippen LogP contribution < -0.4 is 5.32 Å². The number of para-hydroxylation sites is 1. The predicted molar refractivity (Wildman–Crippen MR) is 82.7 cm³/mol. The van der Waals surface area contributed by atoms with Crippen LogP contribution in [0.15, 0.2) is 54.0 Å². The Hall–Kier alpha value is -1.75. The first-order valence-electron chi connectivity index (χ1n) is 6.59. The fourth-order valence-corrected chi connectivity index (χ4v) is 2.95. The molecule has 1 unspecified atom stereocenters. The second-order valence-corrected chi connectivity index (χ2v) is 5.63. The molecule has 0 bridgehead atoms. The van der Waals surface area contributed by atoms with E-state index < -0.39 is 6.10 Å². The topological polar surface area (TPSA) is 45.1 Å². The Bertz CT molecular complexity index is 677. The first kappa shape index (κ1) is 13.2. The van der Waals surface area contributed by atoms with E-state index in [4.69, 9.17) is 0 Å². The first-order valence-corrected chi connectivity index (χ1v) is 7.47. The number of thiophene rings is 1. The minimum absolute atomic E-state index is 0.446. The lowest BCUT2D eigenvalue weighted by atomic mass is 10.1. The third kappa shape index (κ3) is 2.88. The Morgan fingerprint density at radius 3 is 2.90 bits per heavy atom. The summed E-state index contributed by atoms with van der Waals surface area (Å²) in [6, 6.07) is 14.1. The number of aromatic nitrogens is 1. The zero-order valence-corrected chi connectivity index (χ0v) is 11.8. The van der Waals surface area contributed by atoms with Crippen molar-refractivity contribution >= 4 is 22.2 Å². The van der Waals surface area contributed by atoms with Gasteiger partial charge in [-0.1, -0.05) is 30.3 Å². The minimum Gasteiger partial charge on any atom is -0.386 e. The molecular weight excluding hydrogens is 268 g/mol. The van der Waals surface area contributed by atoms with Gasteiger partial charge in [-0.15, -0.1) is 11.3 Å². The zero-order chi connectivity index (χ0) is 13.8. The van der Waals surface area contributed by atoms with Crippen molar-refractivity contribution in [1.29, 1.82) is 0 Å². The first-order chi connectivity index (χ1) is 9.84. The summed E-state index contributed by atoms with van der Waals surface area (Å²) in [5.41, 5.74) is 2.18. The third-order valence-corrected chi connectivity index (χ3v) is 4.21. The lowest BCUT2D eigenvalue weighted by Gasteiger charge is -2.11. The van der Waals surface area contributed by atoms with Crippen molar-refractivity contribution in [1.82, 2.24) is 10.3 Å². The van der Waals surface area contributed by atoms with Crippen LogP contribution in [0.2, 0.25) is 0 Å². The number of nitrogens with one attached hydrogen (secondary N) is 1. The summed E-state index contributed by atoms with van der Waals surface area (Å²) < 4.78 is 0. The van der Waals surface area contributed by atoms with Crippen LogP contribution in [0, 0.1) is 0 Å². The van der Waals surface area contributed by atoms with Crippen molar-refractivity contribution in [2.24, 2.45) is 0 Å². The molecule has 102 valence electrons. The van der Waals surface area contributed by atoms with Gasteiger partial charge in [0.15, 0.2) is 0 Å². The van der Waals surface area contributed by atoms with Crippen LogP contribution in [0.25, 0.3) is 10.9 Å². The molecule has 4 heteroatoms. The van der Waals surface area contributed by atoms with Crippen LogP contribution in [0.3, 0.4) is 0 Å². The maximum Gasteiger partial charge on any atom is 0.101 e. The van der Waals surface area contributed by atoms with Gasteiger partial charge >= 0.3 is 0 Å². The van der Waals surface area contributed by atoms with Gasteiger partial charge in [-0.25, -0.2) is 0 Å². The summed E-state index contributed by atoms with van der Waals surface area (Å²) in [7, 11) is 0. The van der Waals surface area contributed by atoms with Crippen molar-refractivity contribution < 1.29 is 5.11 Å². The molecule has 1 atom stereocenters. The number of aliphatic hydroxyl groups excluding tert-OH is 1. The highest BCUT2D eigenvalue weighted by Gasteiger charge is 2.08. The van der Waals surface area contributed by atoms with Crippen LogP contribution in [-0.2, 0) is 6.54 Å². The Kier molecular flexibility index (Phi) is 4.06. The minimum atomic E-state index is -0.446. The molecule has 0 amide bonds. The number of hydrogen-bond donors (Lipinski definition) is 2. The lowest BCUT2D eigenvalue weighted by Crippen LogP contribution is -2.20. The lowest BCUT2D eigenvalue weighted by molar-refractivity contribution is 0.178. The van der Waals surface area contributed by atoms with Gasteiger partial charge in [0.2, 0.25) is 0 Å². The van der Waals surface area contributed by atoms with E-state index in [2.05, 4.69) is 28.5 Å². The molecule has 20 heavy (non-hydrogen) atoms. The monoisotopic (exact) mass is 284 g/mol. The van der Waals surface area contributed by atoms with Crippen molar-refractivity contribution in [3.05, 3.63) is 64.5 Å². The molecule has 0 saturated heterocycles. The van der Waals surface area contributed by atoms with Crippen LogP contribution >= 0.6 is 11.3 Å². The average Bonchev–Trinajstić information content (AvgIpc) is 3.02. The predicted octanol–water partition coefficient (Wildman–Crippen LogP) is 3.12. The molecule has 0 aliphatic rings. The van der Waals surface area contributed by atoms with Crippen LogP contribution in [0.4, 0.5) is 0 Å². The molecule has 0 radical (unpaired) electrons. The molecule has 3 aromatic rings. The van der Waals surface area contributed by atoms with Gasteiger partial charge in [0.05, 0.1) is 5.52 Å². The number of aliphatic hydroxyl groups is 1. The van der Waals surface area contributed by atoms with Gasteiger partial charge in [-0.05, 0) is 23.1 Å². The number of rotatable bonds is 5. The Labute approximate surface area is 121 Å². The largest absolute Gasteiger partial charge is 0.386 e. The van der Waals surface area contributed by atoms with E-state index in [0.29, 0.717) is 13.1 Å². The van der Waals surface area contributed by atoms with Crippen LogP contribution in [0.1, 0.15) is 16.5 Å². The van der Waals surface area contributed by atoms with E-state index in [1.165, 1.54) is 0 Å². The normalized spacial score (nSPS) is 12.7. The molecule has 2 heterocycles. The van der Waals surface area contributed by atoms with Crippen molar-refractivity contribution in [2.45, 2.75) is 12.6 Å². The number of fused-ring (bicyclic) bond motifs is 1. The summed E-state index contributed by atoms with van der Waals surface area (Å²) in [6.07, 6.45) is 1.37. The van der Waals surface area contributed by atoms with E-state index in [9.17, 15) is 5.11 Å².